The highest BCUT2D eigenvalue weighted by molar-refractivity contribution is 5.83. The van der Waals surface area contributed by atoms with Crippen LogP contribution in [0.4, 0.5) is 0 Å². The smallest absolute Gasteiger partial charge is 0.349 e. The predicted octanol–water partition coefficient (Wildman–Crippen LogP) is 5.01. The average Bonchev–Trinajstić information content (AvgIpc) is 2.78. The second-order valence-corrected chi connectivity index (χ2v) is 6.77. The van der Waals surface area contributed by atoms with Crippen LogP contribution >= 0.6 is 0 Å². The Morgan fingerprint density at radius 2 is 1.77 bits per heavy atom. The number of hydrogen-bond acceptors (Lipinski definition) is 5. The van der Waals surface area contributed by atoms with Crippen molar-refractivity contribution in [1.82, 2.24) is 0 Å². The van der Waals surface area contributed by atoms with Crippen molar-refractivity contribution in [3.05, 3.63) is 94.8 Å². The van der Waals surface area contributed by atoms with Gasteiger partial charge in [0.1, 0.15) is 23.3 Å². The van der Waals surface area contributed by atoms with Crippen LogP contribution in [0, 0.1) is 0 Å². The molecule has 0 N–H and O–H groups in total. The molecule has 1 aromatic heterocycles. The molecule has 0 saturated heterocycles. The highest BCUT2D eigenvalue weighted by atomic mass is 16.6. The number of aryl methyl sites for hydroxylation is 1. The molecule has 0 aliphatic carbocycles. The van der Waals surface area contributed by atoms with Gasteiger partial charge in [0, 0.05) is 6.07 Å². The third-order valence-corrected chi connectivity index (χ3v) is 4.73. The molecule has 3 aromatic carbocycles. The molecule has 150 valence electrons. The lowest BCUT2D eigenvalue weighted by atomic mass is 10.1. The molecule has 0 spiro atoms. The van der Waals surface area contributed by atoms with Gasteiger partial charge in [-0.15, -0.1) is 0 Å². The summed E-state index contributed by atoms with van der Waals surface area (Å²) in [6.45, 7) is 1.83. The van der Waals surface area contributed by atoms with Crippen molar-refractivity contribution in [1.29, 1.82) is 0 Å². The van der Waals surface area contributed by atoms with Gasteiger partial charge in [-0.1, -0.05) is 49.4 Å². The highest BCUT2D eigenvalue weighted by Crippen LogP contribution is 2.23. The number of rotatable bonds is 6. The van der Waals surface area contributed by atoms with Crippen LogP contribution in [0.2, 0.25) is 0 Å². The molecule has 0 amide bonds. The Kier molecular flexibility index (Phi) is 5.61. The number of hydrogen-bond donors (Lipinski definition) is 0. The minimum atomic E-state index is -0.542. The van der Waals surface area contributed by atoms with Crippen molar-refractivity contribution in [2.24, 2.45) is 0 Å². The molecule has 0 saturated carbocycles. The van der Waals surface area contributed by atoms with Crippen LogP contribution in [-0.2, 0) is 11.2 Å². The van der Waals surface area contributed by atoms with Crippen molar-refractivity contribution in [2.75, 3.05) is 6.61 Å². The lowest BCUT2D eigenvalue weighted by molar-refractivity contribution is -0.136. The SMILES string of the molecule is CCc1cccc(OCC(=O)Oc2ccc3c(=O)c(-c4ccccc4)coc3c2)c1. The highest BCUT2D eigenvalue weighted by Gasteiger charge is 2.12. The van der Waals surface area contributed by atoms with E-state index in [-0.39, 0.29) is 17.8 Å². The topological polar surface area (TPSA) is 65.7 Å². The van der Waals surface area contributed by atoms with Crippen LogP contribution in [0.15, 0.2) is 88.3 Å². The fourth-order valence-electron chi connectivity index (χ4n) is 3.15. The van der Waals surface area contributed by atoms with Crippen LogP contribution < -0.4 is 14.9 Å². The molecule has 5 heteroatoms. The van der Waals surface area contributed by atoms with E-state index in [0.29, 0.717) is 22.3 Å². The van der Waals surface area contributed by atoms with Gasteiger partial charge in [0.25, 0.3) is 0 Å². The second-order valence-electron chi connectivity index (χ2n) is 6.77. The van der Waals surface area contributed by atoms with Gasteiger partial charge in [0.15, 0.2) is 12.0 Å². The zero-order valence-corrected chi connectivity index (χ0v) is 16.5. The monoisotopic (exact) mass is 400 g/mol. The maximum atomic E-state index is 12.8. The summed E-state index contributed by atoms with van der Waals surface area (Å²) in [4.78, 5) is 24.9. The minimum absolute atomic E-state index is 0.139. The van der Waals surface area contributed by atoms with Crippen molar-refractivity contribution < 1.29 is 18.7 Å². The van der Waals surface area contributed by atoms with E-state index in [2.05, 4.69) is 0 Å². The maximum absolute atomic E-state index is 12.8. The number of benzene rings is 3. The Bertz CT molecular complexity index is 1240. The summed E-state index contributed by atoms with van der Waals surface area (Å²) in [6, 6.07) is 21.6. The maximum Gasteiger partial charge on any atom is 0.349 e. The molecular formula is C25H20O5. The molecule has 4 rings (SSSR count). The van der Waals surface area contributed by atoms with Gasteiger partial charge >= 0.3 is 5.97 Å². The fraction of sp³-hybridized carbons (Fsp3) is 0.120. The summed E-state index contributed by atoms with van der Waals surface area (Å²) < 4.78 is 16.5. The summed E-state index contributed by atoms with van der Waals surface area (Å²) >= 11 is 0. The van der Waals surface area contributed by atoms with E-state index in [1.165, 1.54) is 12.3 Å². The molecule has 0 unspecified atom stereocenters. The number of fused-ring (bicyclic) bond motifs is 1. The third-order valence-electron chi connectivity index (χ3n) is 4.73. The lowest BCUT2D eigenvalue weighted by Crippen LogP contribution is -2.17. The summed E-state index contributed by atoms with van der Waals surface area (Å²) in [5.74, 6) is 0.359. The average molecular weight is 400 g/mol. The van der Waals surface area contributed by atoms with Gasteiger partial charge in [-0.05, 0) is 41.8 Å². The first-order valence-electron chi connectivity index (χ1n) is 9.67. The van der Waals surface area contributed by atoms with Crippen molar-refractivity contribution >= 4 is 16.9 Å². The molecule has 0 bridgehead atoms. The van der Waals surface area contributed by atoms with Crippen LogP contribution in [0.5, 0.6) is 11.5 Å². The molecule has 0 atom stereocenters. The van der Waals surface area contributed by atoms with Crippen LogP contribution in [0.1, 0.15) is 12.5 Å². The number of ether oxygens (including phenoxy) is 2. The Hall–Kier alpha value is -3.86. The normalized spacial score (nSPS) is 10.7. The predicted molar refractivity (Wildman–Crippen MR) is 115 cm³/mol. The van der Waals surface area contributed by atoms with E-state index in [1.807, 2.05) is 55.5 Å². The summed E-state index contributed by atoms with van der Waals surface area (Å²) in [6.07, 6.45) is 2.31. The Morgan fingerprint density at radius 1 is 0.933 bits per heavy atom. The minimum Gasteiger partial charge on any atom is -0.482 e. The fourth-order valence-corrected chi connectivity index (χ4v) is 3.15. The third kappa shape index (κ3) is 4.25. The van der Waals surface area contributed by atoms with E-state index >= 15 is 0 Å². The van der Waals surface area contributed by atoms with Gasteiger partial charge in [0.05, 0.1) is 10.9 Å². The van der Waals surface area contributed by atoms with Gasteiger partial charge < -0.3 is 13.9 Å². The largest absolute Gasteiger partial charge is 0.482 e. The van der Waals surface area contributed by atoms with Crippen LogP contribution in [-0.4, -0.2) is 12.6 Å². The second kappa shape index (κ2) is 8.66. The molecule has 5 nitrogen and oxygen atoms in total. The van der Waals surface area contributed by atoms with Gasteiger partial charge in [-0.25, -0.2) is 4.79 Å². The Labute approximate surface area is 173 Å². The van der Waals surface area contributed by atoms with Crippen LogP contribution in [0.25, 0.3) is 22.1 Å². The zero-order chi connectivity index (χ0) is 20.9. The van der Waals surface area contributed by atoms with Gasteiger partial charge in [0.2, 0.25) is 0 Å². The van der Waals surface area contributed by atoms with E-state index in [1.54, 1.807) is 18.2 Å². The quantitative estimate of drug-likeness (QED) is 0.336. The lowest BCUT2D eigenvalue weighted by Gasteiger charge is -2.08. The summed E-state index contributed by atoms with van der Waals surface area (Å²) in [5.41, 5.74) is 2.60. The molecular weight excluding hydrogens is 380 g/mol. The molecule has 0 aliphatic heterocycles. The zero-order valence-electron chi connectivity index (χ0n) is 16.5. The molecule has 1 heterocycles. The molecule has 30 heavy (non-hydrogen) atoms. The van der Waals surface area contributed by atoms with Crippen molar-refractivity contribution in [3.63, 3.8) is 0 Å². The number of carbonyl (C=O) groups is 1. The molecule has 0 aliphatic rings. The first-order chi connectivity index (χ1) is 14.6. The van der Waals surface area contributed by atoms with E-state index in [0.717, 1.165) is 17.5 Å². The van der Waals surface area contributed by atoms with E-state index in [4.69, 9.17) is 13.9 Å². The van der Waals surface area contributed by atoms with Gasteiger partial charge in [-0.3, -0.25) is 4.79 Å². The Balaban J connectivity index is 1.48. The first-order valence-corrected chi connectivity index (χ1v) is 9.67. The Morgan fingerprint density at radius 3 is 2.57 bits per heavy atom. The standard InChI is InChI=1S/C25H20O5/c1-2-17-7-6-10-19(13-17)28-16-24(26)30-20-11-12-21-23(14-20)29-15-22(25(21)27)18-8-4-3-5-9-18/h3-15H,2,16H2,1H3. The van der Waals surface area contributed by atoms with Crippen molar-refractivity contribution in [2.45, 2.75) is 13.3 Å². The van der Waals surface area contributed by atoms with Gasteiger partial charge in [-0.2, -0.15) is 0 Å². The molecule has 4 aromatic rings. The van der Waals surface area contributed by atoms with E-state index in [9.17, 15) is 9.59 Å². The van der Waals surface area contributed by atoms with Crippen molar-refractivity contribution in [3.8, 4) is 22.6 Å². The summed E-state index contributed by atoms with van der Waals surface area (Å²) in [7, 11) is 0. The number of esters is 1. The number of carbonyl (C=O) groups excluding carboxylic acids is 1. The first kappa shape index (κ1) is 19.5. The van der Waals surface area contributed by atoms with E-state index < -0.39 is 5.97 Å². The molecule has 0 radical (unpaired) electrons. The summed E-state index contributed by atoms with van der Waals surface area (Å²) in [5, 5.41) is 0.420. The van der Waals surface area contributed by atoms with Crippen LogP contribution in [0.3, 0.4) is 0 Å². The molecule has 0 fully saturated rings.